The predicted molar refractivity (Wildman–Crippen MR) is 76.7 cm³/mol. The summed E-state index contributed by atoms with van der Waals surface area (Å²) in [6, 6.07) is 7.56. The van der Waals surface area contributed by atoms with E-state index in [-0.39, 0.29) is 17.9 Å². The Kier molecular flexibility index (Phi) is 5.30. The van der Waals surface area contributed by atoms with E-state index in [2.05, 4.69) is 10.6 Å². The zero-order chi connectivity index (χ0) is 15.2. The summed E-state index contributed by atoms with van der Waals surface area (Å²) in [4.78, 5) is 23.7. The number of likely N-dealkylation sites (N-methyl/N-ethyl adjacent to an activating group) is 1. The highest BCUT2D eigenvalue weighted by atomic mass is 16.5. The van der Waals surface area contributed by atoms with Crippen molar-refractivity contribution in [3.8, 4) is 0 Å². The second-order valence-electron chi connectivity index (χ2n) is 5.00. The van der Waals surface area contributed by atoms with Crippen molar-refractivity contribution in [2.45, 2.75) is 19.0 Å². The first-order valence-electron chi connectivity index (χ1n) is 7.02. The Bertz CT molecular complexity index is 492. The zero-order valence-corrected chi connectivity index (χ0v) is 11.9. The standard InChI is InChI=1S/C15H20N2O4/c1-2-16-12-9-21-8-11(12)14(18)17-13(15(19)20)10-6-4-3-5-7-10/h3-7,11-13,16H,2,8-9H2,1H3,(H,17,18)(H,19,20). The van der Waals surface area contributed by atoms with E-state index in [4.69, 9.17) is 4.74 Å². The molecular weight excluding hydrogens is 272 g/mol. The first-order chi connectivity index (χ1) is 10.1. The van der Waals surface area contributed by atoms with Gasteiger partial charge in [-0.2, -0.15) is 0 Å². The van der Waals surface area contributed by atoms with E-state index in [0.717, 1.165) is 6.54 Å². The fraction of sp³-hybridized carbons (Fsp3) is 0.467. The number of nitrogens with one attached hydrogen (secondary N) is 2. The molecular formula is C15H20N2O4. The second-order valence-corrected chi connectivity index (χ2v) is 5.00. The maximum Gasteiger partial charge on any atom is 0.330 e. The van der Waals surface area contributed by atoms with Gasteiger partial charge in [0.25, 0.3) is 0 Å². The maximum atomic E-state index is 12.3. The number of aliphatic carboxylic acids is 1. The summed E-state index contributed by atoms with van der Waals surface area (Å²) in [5.74, 6) is -1.74. The summed E-state index contributed by atoms with van der Waals surface area (Å²) in [5.41, 5.74) is 0.553. The number of carbonyl (C=O) groups excluding carboxylic acids is 1. The van der Waals surface area contributed by atoms with Gasteiger partial charge in [-0.25, -0.2) is 4.79 Å². The van der Waals surface area contributed by atoms with Crippen molar-refractivity contribution < 1.29 is 19.4 Å². The van der Waals surface area contributed by atoms with E-state index in [1.54, 1.807) is 30.3 Å². The molecule has 1 fully saturated rings. The molecule has 2 rings (SSSR count). The molecule has 114 valence electrons. The Morgan fingerprint density at radius 3 is 2.67 bits per heavy atom. The summed E-state index contributed by atoms with van der Waals surface area (Å²) < 4.78 is 5.32. The van der Waals surface area contributed by atoms with Crippen LogP contribution in [0.3, 0.4) is 0 Å². The lowest BCUT2D eigenvalue weighted by molar-refractivity contribution is -0.142. The van der Waals surface area contributed by atoms with Crippen LogP contribution in [0.25, 0.3) is 0 Å². The van der Waals surface area contributed by atoms with E-state index in [1.807, 2.05) is 6.92 Å². The van der Waals surface area contributed by atoms with Crippen molar-refractivity contribution in [3.63, 3.8) is 0 Å². The minimum absolute atomic E-state index is 0.0692. The molecule has 6 heteroatoms. The van der Waals surface area contributed by atoms with Crippen LogP contribution in [0.2, 0.25) is 0 Å². The van der Waals surface area contributed by atoms with E-state index in [1.165, 1.54) is 0 Å². The quantitative estimate of drug-likeness (QED) is 0.713. The largest absolute Gasteiger partial charge is 0.479 e. The zero-order valence-electron chi connectivity index (χ0n) is 11.9. The van der Waals surface area contributed by atoms with Crippen LogP contribution in [-0.4, -0.2) is 42.8 Å². The Labute approximate surface area is 123 Å². The molecule has 0 saturated carbocycles. The van der Waals surface area contributed by atoms with Gasteiger partial charge in [-0.15, -0.1) is 0 Å². The highest BCUT2D eigenvalue weighted by Crippen LogP contribution is 2.18. The van der Waals surface area contributed by atoms with Gasteiger partial charge in [0, 0.05) is 6.04 Å². The Morgan fingerprint density at radius 2 is 2.05 bits per heavy atom. The molecule has 1 amide bonds. The van der Waals surface area contributed by atoms with E-state index in [9.17, 15) is 14.7 Å². The van der Waals surface area contributed by atoms with Crippen molar-refractivity contribution >= 4 is 11.9 Å². The molecule has 3 atom stereocenters. The molecule has 0 aliphatic carbocycles. The molecule has 1 saturated heterocycles. The number of carbonyl (C=O) groups is 2. The normalized spacial score (nSPS) is 22.7. The molecule has 1 aromatic carbocycles. The molecule has 1 aliphatic heterocycles. The van der Waals surface area contributed by atoms with Crippen LogP contribution in [0.1, 0.15) is 18.5 Å². The fourth-order valence-electron chi connectivity index (χ4n) is 2.46. The molecule has 0 bridgehead atoms. The minimum atomic E-state index is -1.08. The Morgan fingerprint density at radius 1 is 1.33 bits per heavy atom. The van der Waals surface area contributed by atoms with E-state index >= 15 is 0 Å². The molecule has 6 nitrogen and oxygen atoms in total. The molecule has 0 aromatic heterocycles. The van der Waals surface area contributed by atoms with Crippen LogP contribution < -0.4 is 10.6 Å². The van der Waals surface area contributed by atoms with Crippen LogP contribution in [0, 0.1) is 5.92 Å². The highest BCUT2D eigenvalue weighted by Gasteiger charge is 2.35. The number of amides is 1. The van der Waals surface area contributed by atoms with Crippen molar-refractivity contribution in [1.29, 1.82) is 0 Å². The second kappa shape index (κ2) is 7.19. The van der Waals surface area contributed by atoms with Gasteiger partial charge in [0.2, 0.25) is 5.91 Å². The van der Waals surface area contributed by atoms with Crippen LogP contribution in [-0.2, 0) is 14.3 Å². The first kappa shape index (κ1) is 15.5. The lowest BCUT2D eigenvalue weighted by atomic mass is 10.0. The molecule has 1 aromatic rings. The molecule has 3 N–H and O–H groups in total. The number of carboxylic acids is 1. The van der Waals surface area contributed by atoms with Gasteiger partial charge in [0.15, 0.2) is 6.04 Å². The number of rotatable bonds is 6. The van der Waals surface area contributed by atoms with Gasteiger partial charge in [-0.3, -0.25) is 4.79 Å². The van der Waals surface area contributed by atoms with Gasteiger partial charge in [0.1, 0.15) is 0 Å². The first-order valence-corrected chi connectivity index (χ1v) is 7.02. The molecule has 0 spiro atoms. The summed E-state index contributed by atoms with van der Waals surface area (Å²) in [6.07, 6.45) is 0. The summed E-state index contributed by atoms with van der Waals surface area (Å²) in [7, 11) is 0. The third-order valence-corrected chi connectivity index (χ3v) is 3.55. The van der Waals surface area contributed by atoms with E-state index in [0.29, 0.717) is 18.8 Å². The van der Waals surface area contributed by atoms with Crippen LogP contribution in [0.5, 0.6) is 0 Å². The lowest BCUT2D eigenvalue weighted by Crippen LogP contribution is -2.46. The number of benzene rings is 1. The molecule has 0 radical (unpaired) electrons. The van der Waals surface area contributed by atoms with Gasteiger partial charge in [0.05, 0.1) is 19.1 Å². The average molecular weight is 292 g/mol. The number of ether oxygens (including phenoxy) is 1. The van der Waals surface area contributed by atoms with Crippen LogP contribution in [0.4, 0.5) is 0 Å². The summed E-state index contributed by atoms with van der Waals surface area (Å²) >= 11 is 0. The van der Waals surface area contributed by atoms with Gasteiger partial charge in [-0.1, -0.05) is 37.3 Å². The number of hydrogen-bond acceptors (Lipinski definition) is 4. The van der Waals surface area contributed by atoms with Crippen molar-refractivity contribution in [2.75, 3.05) is 19.8 Å². The van der Waals surface area contributed by atoms with Crippen LogP contribution >= 0.6 is 0 Å². The number of hydrogen-bond donors (Lipinski definition) is 3. The van der Waals surface area contributed by atoms with Crippen molar-refractivity contribution in [3.05, 3.63) is 35.9 Å². The summed E-state index contributed by atoms with van der Waals surface area (Å²) in [6.45, 7) is 3.47. The average Bonchev–Trinajstić information content (AvgIpc) is 2.94. The highest BCUT2D eigenvalue weighted by molar-refractivity contribution is 5.86. The predicted octanol–water partition coefficient (Wildman–Crippen LogP) is 0.553. The molecule has 1 aliphatic rings. The van der Waals surface area contributed by atoms with Crippen molar-refractivity contribution in [1.82, 2.24) is 10.6 Å². The summed E-state index contributed by atoms with van der Waals surface area (Å²) in [5, 5.41) is 15.1. The number of carboxylic acid groups (broad SMARTS) is 1. The Balaban J connectivity index is 2.07. The molecule has 3 unspecified atom stereocenters. The smallest absolute Gasteiger partial charge is 0.330 e. The fourth-order valence-corrected chi connectivity index (χ4v) is 2.46. The minimum Gasteiger partial charge on any atom is -0.479 e. The van der Waals surface area contributed by atoms with Gasteiger partial charge in [-0.05, 0) is 12.1 Å². The van der Waals surface area contributed by atoms with Gasteiger partial charge >= 0.3 is 5.97 Å². The van der Waals surface area contributed by atoms with Gasteiger partial charge < -0.3 is 20.5 Å². The third kappa shape index (κ3) is 3.80. The molecule has 1 heterocycles. The Hall–Kier alpha value is -1.92. The monoisotopic (exact) mass is 292 g/mol. The van der Waals surface area contributed by atoms with E-state index < -0.39 is 12.0 Å². The van der Waals surface area contributed by atoms with Crippen molar-refractivity contribution in [2.24, 2.45) is 5.92 Å². The van der Waals surface area contributed by atoms with Crippen LogP contribution in [0.15, 0.2) is 30.3 Å². The maximum absolute atomic E-state index is 12.3. The SMILES string of the molecule is CCNC1COCC1C(=O)NC(C(=O)O)c1ccccc1. The topological polar surface area (TPSA) is 87.7 Å². The third-order valence-electron chi connectivity index (χ3n) is 3.55. The molecule has 21 heavy (non-hydrogen) atoms. The lowest BCUT2D eigenvalue weighted by Gasteiger charge is -2.21.